The number of anilines is 3. The summed E-state index contributed by atoms with van der Waals surface area (Å²) < 4.78 is 0. The zero-order chi connectivity index (χ0) is 21.0. The summed E-state index contributed by atoms with van der Waals surface area (Å²) in [5, 5.41) is 20.5. The molecule has 4 N–H and O–H groups in total. The summed E-state index contributed by atoms with van der Waals surface area (Å²) in [6.45, 7) is 6.07. The first kappa shape index (κ1) is 21.0. The van der Waals surface area contributed by atoms with Gasteiger partial charge in [0.25, 0.3) is 0 Å². The van der Waals surface area contributed by atoms with Crippen LogP contribution >= 0.6 is 11.6 Å². The number of aliphatic hydroxyl groups excluding tert-OH is 1. The number of fused-ring (bicyclic) bond motifs is 1. The van der Waals surface area contributed by atoms with Crippen molar-refractivity contribution in [3.05, 3.63) is 59.2 Å². The Bertz CT molecular complexity index is 1030. The van der Waals surface area contributed by atoms with Crippen LogP contribution < -0.4 is 16.0 Å². The number of hydrogen-bond acceptors (Lipinski definition) is 5. The Balaban J connectivity index is 1.83. The van der Waals surface area contributed by atoms with Crippen LogP contribution in [0.1, 0.15) is 26.3 Å². The Morgan fingerprint density at radius 2 is 1.86 bits per heavy atom. The van der Waals surface area contributed by atoms with Crippen molar-refractivity contribution >= 4 is 45.5 Å². The van der Waals surface area contributed by atoms with Gasteiger partial charge in [0, 0.05) is 39.2 Å². The molecule has 1 heterocycles. The monoisotopic (exact) mass is 412 g/mol. The summed E-state index contributed by atoms with van der Waals surface area (Å²) in [6, 6.07) is 12.8. The van der Waals surface area contributed by atoms with E-state index in [1.54, 1.807) is 18.3 Å². The number of hydrogen-bond donors (Lipinski definition) is 4. The lowest BCUT2D eigenvalue weighted by molar-refractivity contribution is -0.115. The second-order valence-corrected chi connectivity index (χ2v) is 8.31. The maximum absolute atomic E-state index is 12.3. The Labute approximate surface area is 175 Å². The number of carbonyl (C=O) groups excluding carboxylic acids is 1. The van der Waals surface area contributed by atoms with Gasteiger partial charge in [0.1, 0.15) is 0 Å². The topological polar surface area (TPSA) is 86.3 Å². The van der Waals surface area contributed by atoms with E-state index in [2.05, 4.69) is 20.9 Å². The molecule has 0 unspecified atom stereocenters. The van der Waals surface area contributed by atoms with Crippen LogP contribution in [0.2, 0.25) is 5.02 Å². The molecule has 3 rings (SSSR count). The van der Waals surface area contributed by atoms with Gasteiger partial charge in [-0.25, -0.2) is 0 Å². The molecule has 0 bridgehead atoms. The highest BCUT2D eigenvalue weighted by molar-refractivity contribution is 6.31. The molecule has 0 fully saturated rings. The van der Waals surface area contributed by atoms with E-state index in [4.69, 9.17) is 11.6 Å². The number of rotatable bonds is 6. The highest BCUT2D eigenvalue weighted by atomic mass is 35.5. The van der Waals surface area contributed by atoms with Crippen LogP contribution in [-0.2, 0) is 11.4 Å². The van der Waals surface area contributed by atoms with Gasteiger partial charge in [0.05, 0.1) is 18.7 Å². The minimum Gasteiger partial charge on any atom is -0.392 e. The van der Waals surface area contributed by atoms with Crippen molar-refractivity contribution in [2.75, 3.05) is 17.2 Å². The molecule has 0 radical (unpaired) electrons. The number of carbonyl (C=O) groups is 1. The van der Waals surface area contributed by atoms with Crippen molar-refractivity contribution in [3.8, 4) is 0 Å². The van der Waals surface area contributed by atoms with Gasteiger partial charge < -0.3 is 21.1 Å². The molecule has 0 aliphatic heterocycles. The second-order valence-electron chi connectivity index (χ2n) is 7.87. The summed E-state index contributed by atoms with van der Waals surface area (Å²) in [6.07, 6.45) is 1.71. The molecule has 0 aliphatic carbocycles. The first-order chi connectivity index (χ1) is 13.7. The molecule has 29 heavy (non-hydrogen) atoms. The van der Waals surface area contributed by atoms with Gasteiger partial charge in [-0.15, -0.1) is 0 Å². The lowest BCUT2D eigenvalue weighted by atomic mass is 10.1. The molecule has 1 amide bonds. The van der Waals surface area contributed by atoms with Gasteiger partial charge >= 0.3 is 0 Å². The van der Waals surface area contributed by atoms with Crippen LogP contribution in [0.15, 0.2) is 48.7 Å². The lowest BCUT2D eigenvalue weighted by Crippen LogP contribution is -2.41. The molecule has 1 aromatic heterocycles. The van der Waals surface area contributed by atoms with Crippen LogP contribution in [0.25, 0.3) is 10.9 Å². The van der Waals surface area contributed by atoms with Crippen LogP contribution in [0.5, 0.6) is 0 Å². The maximum Gasteiger partial charge on any atom is 0.238 e. The minimum absolute atomic E-state index is 0.134. The highest BCUT2D eigenvalue weighted by Crippen LogP contribution is 2.29. The largest absolute Gasteiger partial charge is 0.392 e. The molecular weight excluding hydrogens is 388 g/mol. The number of amides is 1. The second kappa shape index (κ2) is 8.78. The molecule has 6 nitrogen and oxygen atoms in total. The number of nitrogens with one attached hydrogen (secondary N) is 3. The summed E-state index contributed by atoms with van der Waals surface area (Å²) in [5.74, 6) is -0.148. The van der Waals surface area contributed by atoms with Crippen molar-refractivity contribution in [1.82, 2.24) is 10.3 Å². The Kier molecular flexibility index (Phi) is 6.37. The summed E-state index contributed by atoms with van der Waals surface area (Å²) >= 11 is 6.06. The van der Waals surface area contributed by atoms with E-state index in [0.29, 0.717) is 16.3 Å². The number of aliphatic hydroxyl groups is 1. The number of benzene rings is 2. The molecule has 0 aliphatic rings. The van der Waals surface area contributed by atoms with Gasteiger partial charge in [-0.05, 0) is 68.8 Å². The van der Waals surface area contributed by atoms with Crippen LogP contribution in [0, 0.1) is 0 Å². The van der Waals surface area contributed by atoms with E-state index in [1.807, 2.05) is 51.1 Å². The van der Waals surface area contributed by atoms with E-state index < -0.39 is 0 Å². The first-order valence-electron chi connectivity index (χ1n) is 9.34. The van der Waals surface area contributed by atoms with Gasteiger partial charge in [-0.3, -0.25) is 9.78 Å². The standard InChI is InChI=1S/C22H25ClN4O2/c1-22(2,3)25-12-21(29)27-17-9-14(13-28)8-16(11-17)26-19-6-7-24-20-10-15(23)4-5-18(19)20/h4-11,25,28H,12-13H2,1-3H3,(H,24,26)(H,27,29). The van der Waals surface area contributed by atoms with Gasteiger partial charge in [0.15, 0.2) is 0 Å². The highest BCUT2D eigenvalue weighted by Gasteiger charge is 2.12. The third kappa shape index (κ3) is 5.90. The predicted octanol–water partition coefficient (Wildman–Crippen LogP) is 4.45. The molecule has 0 saturated heterocycles. The normalized spacial score (nSPS) is 11.5. The quantitative estimate of drug-likeness (QED) is 0.480. The summed E-state index contributed by atoms with van der Waals surface area (Å²) in [7, 11) is 0. The predicted molar refractivity (Wildman–Crippen MR) is 119 cm³/mol. The van der Waals surface area contributed by atoms with Crippen molar-refractivity contribution < 1.29 is 9.90 Å². The zero-order valence-corrected chi connectivity index (χ0v) is 17.5. The van der Waals surface area contributed by atoms with Crippen molar-refractivity contribution in [2.45, 2.75) is 32.9 Å². The molecule has 0 saturated carbocycles. The number of pyridine rings is 1. The van der Waals surface area contributed by atoms with Gasteiger partial charge in [0.2, 0.25) is 5.91 Å². The molecule has 3 aromatic rings. The Morgan fingerprint density at radius 1 is 1.10 bits per heavy atom. The fraction of sp³-hybridized carbons (Fsp3) is 0.273. The van der Waals surface area contributed by atoms with E-state index in [9.17, 15) is 9.90 Å². The van der Waals surface area contributed by atoms with E-state index in [-0.39, 0.29) is 24.6 Å². The smallest absolute Gasteiger partial charge is 0.238 e. The van der Waals surface area contributed by atoms with Crippen LogP contribution in [-0.4, -0.2) is 28.1 Å². The van der Waals surface area contributed by atoms with Crippen molar-refractivity contribution in [3.63, 3.8) is 0 Å². The van der Waals surface area contributed by atoms with Gasteiger partial charge in [-0.2, -0.15) is 0 Å². The number of aromatic nitrogens is 1. The number of halogens is 1. The van der Waals surface area contributed by atoms with E-state index >= 15 is 0 Å². The van der Waals surface area contributed by atoms with Gasteiger partial charge in [-0.1, -0.05) is 11.6 Å². The van der Waals surface area contributed by atoms with Crippen LogP contribution in [0.3, 0.4) is 0 Å². The maximum atomic E-state index is 12.3. The fourth-order valence-corrected chi connectivity index (χ4v) is 3.03. The van der Waals surface area contributed by atoms with E-state index in [1.165, 1.54) is 0 Å². The molecule has 2 aromatic carbocycles. The molecule has 152 valence electrons. The average molecular weight is 413 g/mol. The summed E-state index contributed by atoms with van der Waals surface area (Å²) in [5.41, 5.74) is 3.54. The molecule has 7 heteroatoms. The lowest BCUT2D eigenvalue weighted by Gasteiger charge is -2.20. The average Bonchev–Trinajstić information content (AvgIpc) is 2.65. The summed E-state index contributed by atoms with van der Waals surface area (Å²) in [4.78, 5) is 16.6. The van der Waals surface area contributed by atoms with Crippen LogP contribution in [0.4, 0.5) is 17.1 Å². The zero-order valence-electron chi connectivity index (χ0n) is 16.7. The first-order valence-corrected chi connectivity index (χ1v) is 9.72. The van der Waals surface area contributed by atoms with Crippen molar-refractivity contribution in [2.24, 2.45) is 0 Å². The Hall–Kier alpha value is -2.67. The molecule has 0 atom stereocenters. The number of nitrogens with zero attached hydrogens (tertiary/aromatic N) is 1. The minimum atomic E-state index is -0.150. The van der Waals surface area contributed by atoms with Crippen molar-refractivity contribution in [1.29, 1.82) is 0 Å². The molecular formula is C22H25ClN4O2. The molecule has 0 spiro atoms. The third-order valence-electron chi connectivity index (χ3n) is 4.22. The van der Waals surface area contributed by atoms with E-state index in [0.717, 1.165) is 22.3 Å². The Morgan fingerprint density at radius 3 is 2.59 bits per heavy atom. The SMILES string of the molecule is CC(C)(C)NCC(=O)Nc1cc(CO)cc(Nc2ccnc3cc(Cl)ccc23)c1. The third-order valence-corrected chi connectivity index (χ3v) is 4.46. The fourth-order valence-electron chi connectivity index (χ4n) is 2.86.